The molecule has 0 fully saturated rings. The van der Waals surface area contributed by atoms with Crippen molar-refractivity contribution in [2.45, 2.75) is 13.3 Å². The van der Waals surface area contributed by atoms with Crippen LogP contribution in [0.1, 0.15) is 16.7 Å². The lowest BCUT2D eigenvalue weighted by Gasteiger charge is -2.09. The van der Waals surface area contributed by atoms with E-state index >= 15 is 0 Å². The van der Waals surface area contributed by atoms with Crippen LogP contribution >= 0.6 is 0 Å². The molecule has 0 aliphatic rings. The van der Waals surface area contributed by atoms with Crippen molar-refractivity contribution in [3.63, 3.8) is 0 Å². The van der Waals surface area contributed by atoms with Gasteiger partial charge in [-0.1, -0.05) is 48.0 Å². The first-order valence-corrected chi connectivity index (χ1v) is 7.15. The van der Waals surface area contributed by atoms with Crippen LogP contribution in [0.5, 0.6) is 0 Å². The zero-order valence-corrected chi connectivity index (χ0v) is 12.7. The quantitative estimate of drug-likeness (QED) is 0.451. The molecule has 0 heterocycles. The van der Waals surface area contributed by atoms with Crippen molar-refractivity contribution in [2.75, 3.05) is 5.32 Å². The Balaban J connectivity index is 2.07. The molecule has 0 saturated carbocycles. The third-order valence-electron chi connectivity index (χ3n) is 3.24. The Labute approximate surface area is 134 Å². The predicted molar refractivity (Wildman–Crippen MR) is 88.9 cm³/mol. The topological polar surface area (TPSA) is 78.4 Å². The Kier molecular flexibility index (Phi) is 5.66. The highest BCUT2D eigenvalue weighted by molar-refractivity contribution is 5.96. The van der Waals surface area contributed by atoms with Crippen LogP contribution in [0.25, 0.3) is 6.08 Å². The number of para-hydroxylation sites is 1. The molecule has 2 amide bonds. The van der Waals surface area contributed by atoms with Crippen molar-refractivity contribution in [2.24, 2.45) is 0 Å². The van der Waals surface area contributed by atoms with Gasteiger partial charge in [0.25, 0.3) is 5.91 Å². The molecule has 0 saturated heterocycles. The Bertz CT molecular complexity index is 721. The van der Waals surface area contributed by atoms with Gasteiger partial charge in [0.2, 0.25) is 5.91 Å². The van der Waals surface area contributed by atoms with E-state index in [9.17, 15) is 9.59 Å². The van der Waals surface area contributed by atoms with Crippen LogP contribution in [0.3, 0.4) is 0 Å². The van der Waals surface area contributed by atoms with E-state index in [0.29, 0.717) is 11.3 Å². The second-order valence-electron chi connectivity index (χ2n) is 5.11. The Morgan fingerprint density at radius 3 is 2.48 bits per heavy atom. The molecule has 0 radical (unpaired) electrons. The minimum atomic E-state index is -0.634. The molecule has 2 aromatic carbocycles. The molecule has 5 heteroatoms. The van der Waals surface area contributed by atoms with Gasteiger partial charge in [0.05, 0.1) is 6.42 Å². The maximum absolute atomic E-state index is 12.2. The first kappa shape index (κ1) is 16.5. The lowest BCUT2D eigenvalue weighted by Crippen LogP contribution is -2.16. The average Bonchev–Trinajstić information content (AvgIpc) is 2.55. The summed E-state index contributed by atoms with van der Waals surface area (Å²) in [7, 11) is 0. The summed E-state index contributed by atoms with van der Waals surface area (Å²) in [4.78, 5) is 23.2. The maximum atomic E-state index is 12.2. The smallest absolute Gasteiger partial charge is 0.267 e. The molecule has 0 aromatic heterocycles. The molecule has 118 valence electrons. The SMILES string of the molecule is Cc1ccc(CC(=O)Nc2ccccc2C=CC(=O)NO)cc1. The molecular weight excluding hydrogens is 292 g/mol. The number of nitrogens with one attached hydrogen (secondary N) is 2. The van der Waals surface area contributed by atoms with Gasteiger partial charge >= 0.3 is 0 Å². The van der Waals surface area contributed by atoms with E-state index in [4.69, 9.17) is 5.21 Å². The second kappa shape index (κ2) is 7.91. The summed E-state index contributed by atoms with van der Waals surface area (Å²) < 4.78 is 0. The zero-order chi connectivity index (χ0) is 16.7. The fourth-order valence-corrected chi connectivity index (χ4v) is 2.04. The molecule has 0 unspecified atom stereocenters. The number of aryl methyl sites for hydroxylation is 1. The van der Waals surface area contributed by atoms with Gasteiger partial charge in [0, 0.05) is 11.8 Å². The number of carbonyl (C=O) groups excluding carboxylic acids is 2. The number of carbonyl (C=O) groups is 2. The number of amides is 2. The zero-order valence-electron chi connectivity index (χ0n) is 12.7. The molecular formula is C18H18N2O3. The number of benzene rings is 2. The minimum absolute atomic E-state index is 0.138. The van der Waals surface area contributed by atoms with Crippen molar-refractivity contribution >= 4 is 23.6 Å². The Morgan fingerprint density at radius 2 is 1.78 bits per heavy atom. The number of anilines is 1. The molecule has 0 aliphatic heterocycles. The minimum Gasteiger partial charge on any atom is -0.325 e. The van der Waals surface area contributed by atoms with Gasteiger partial charge in [-0.25, -0.2) is 5.48 Å². The largest absolute Gasteiger partial charge is 0.325 e. The van der Waals surface area contributed by atoms with E-state index < -0.39 is 5.91 Å². The van der Waals surface area contributed by atoms with Crippen molar-refractivity contribution in [1.29, 1.82) is 0 Å². The first-order chi connectivity index (χ1) is 11.1. The summed E-state index contributed by atoms with van der Waals surface area (Å²) in [6, 6.07) is 14.9. The van der Waals surface area contributed by atoms with Gasteiger partial charge in [-0.3, -0.25) is 14.8 Å². The summed E-state index contributed by atoms with van der Waals surface area (Å²) in [6.45, 7) is 2.00. The van der Waals surface area contributed by atoms with E-state index in [1.807, 2.05) is 31.2 Å². The molecule has 0 aliphatic carbocycles. The normalized spacial score (nSPS) is 10.5. The second-order valence-corrected chi connectivity index (χ2v) is 5.11. The van der Waals surface area contributed by atoms with E-state index in [1.165, 1.54) is 17.6 Å². The standard InChI is InChI=1S/C18H18N2O3/c1-13-6-8-14(9-7-13)12-18(22)19-16-5-3-2-4-15(16)10-11-17(21)20-23/h2-11,23H,12H2,1H3,(H,19,22)(H,20,21). The third kappa shape index (κ3) is 5.09. The number of rotatable bonds is 5. The highest BCUT2D eigenvalue weighted by atomic mass is 16.5. The summed E-state index contributed by atoms with van der Waals surface area (Å²) >= 11 is 0. The van der Waals surface area contributed by atoms with Gasteiger partial charge in [-0.2, -0.15) is 0 Å². The summed E-state index contributed by atoms with van der Waals surface area (Å²) in [5.41, 5.74) is 4.87. The van der Waals surface area contributed by atoms with Crippen LogP contribution < -0.4 is 10.8 Å². The van der Waals surface area contributed by atoms with Crippen LogP contribution in [-0.2, 0) is 16.0 Å². The van der Waals surface area contributed by atoms with Gasteiger partial charge in [-0.05, 0) is 30.2 Å². The highest BCUT2D eigenvalue weighted by Gasteiger charge is 2.06. The fourth-order valence-electron chi connectivity index (χ4n) is 2.04. The van der Waals surface area contributed by atoms with Crippen molar-refractivity contribution in [3.8, 4) is 0 Å². The van der Waals surface area contributed by atoms with Crippen LogP contribution in [0, 0.1) is 6.92 Å². The Hall–Kier alpha value is -2.92. The molecule has 3 N–H and O–H groups in total. The van der Waals surface area contributed by atoms with Crippen LogP contribution in [0.2, 0.25) is 0 Å². The summed E-state index contributed by atoms with van der Waals surface area (Å²) in [6.07, 6.45) is 2.98. The molecule has 5 nitrogen and oxygen atoms in total. The van der Waals surface area contributed by atoms with Crippen LogP contribution in [-0.4, -0.2) is 17.0 Å². The van der Waals surface area contributed by atoms with E-state index in [0.717, 1.165) is 11.1 Å². The molecule has 0 bridgehead atoms. The van der Waals surface area contributed by atoms with E-state index in [1.54, 1.807) is 24.3 Å². The third-order valence-corrected chi connectivity index (χ3v) is 3.24. The first-order valence-electron chi connectivity index (χ1n) is 7.15. The fraction of sp³-hybridized carbons (Fsp3) is 0.111. The molecule has 0 spiro atoms. The van der Waals surface area contributed by atoms with Crippen molar-refractivity contribution in [3.05, 3.63) is 71.3 Å². The van der Waals surface area contributed by atoms with Crippen molar-refractivity contribution in [1.82, 2.24) is 5.48 Å². The summed E-state index contributed by atoms with van der Waals surface area (Å²) in [5, 5.41) is 11.3. The van der Waals surface area contributed by atoms with Gasteiger partial charge in [0.1, 0.15) is 0 Å². The average molecular weight is 310 g/mol. The lowest BCUT2D eigenvalue weighted by atomic mass is 10.1. The van der Waals surface area contributed by atoms with Gasteiger partial charge in [0.15, 0.2) is 0 Å². The van der Waals surface area contributed by atoms with Crippen LogP contribution in [0.15, 0.2) is 54.6 Å². The number of hydroxylamine groups is 1. The predicted octanol–water partition coefficient (Wildman–Crippen LogP) is 2.69. The van der Waals surface area contributed by atoms with Crippen molar-refractivity contribution < 1.29 is 14.8 Å². The molecule has 2 rings (SSSR count). The lowest BCUT2D eigenvalue weighted by molar-refractivity contribution is -0.124. The van der Waals surface area contributed by atoms with E-state index in [-0.39, 0.29) is 12.3 Å². The number of hydrogen-bond donors (Lipinski definition) is 3. The molecule has 0 atom stereocenters. The van der Waals surface area contributed by atoms with E-state index in [2.05, 4.69) is 5.32 Å². The maximum Gasteiger partial charge on any atom is 0.267 e. The summed E-state index contributed by atoms with van der Waals surface area (Å²) in [5.74, 6) is -0.771. The van der Waals surface area contributed by atoms with Gasteiger partial charge < -0.3 is 5.32 Å². The van der Waals surface area contributed by atoms with Crippen LogP contribution in [0.4, 0.5) is 5.69 Å². The molecule has 2 aromatic rings. The highest BCUT2D eigenvalue weighted by Crippen LogP contribution is 2.17. The van der Waals surface area contributed by atoms with Gasteiger partial charge in [-0.15, -0.1) is 0 Å². The molecule has 23 heavy (non-hydrogen) atoms. The number of hydrogen-bond acceptors (Lipinski definition) is 3. The Morgan fingerprint density at radius 1 is 1.09 bits per heavy atom. The monoisotopic (exact) mass is 310 g/mol.